The first-order valence-electron chi connectivity index (χ1n) is 9.83. The molecule has 2 amide bonds. The largest absolute Gasteiger partial charge is 0.465 e. The van der Waals surface area contributed by atoms with Crippen molar-refractivity contribution in [3.63, 3.8) is 0 Å². The Labute approximate surface area is 189 Å². The molecule has 0 bridgehead atoms. The van der Waals surface area contributed by atoms with Crippen LogP contribution >= 0.6 is 11.3 Å². The van der Waals surface area contributed by atoms with Gasteiger partial charge in [-0.25, -0.2) is 4.79 Å². The van der Waals surface area contributed by atoms with Gasteiger partial charge in [-0.3, -0.25) is 4.79 Å². The maximum absolute atomic E-state index is 12.7. The number of amides is 2. The summed E-state index contributed by atoms with van der Waals surface area (Å²) in [6.07, 6.45) is -5.18. The summed E-state index contributed by atoms with van der Waals surface area (Å²) < 4.78 is 38.2. The lowest BCUT2D eigenvalue weighted by molar-refractivity contribution is -0.137. The summed E-state index contributed by atoms with van der Waals surface area (Å²) in [7, 11) is 0. The van der Waals surface area contributed by atoms with Crippen molar-refractivity contribution in [3.05, 3.63) is 59.2 Å². The molecule has 12 heteroatoms. The Balaban J connectivity index is 1.41. The van der Waals surface area contributed by atoms with Gasteiger partial charge in [0.15, 0.2) is 0 Å². The molecule has 1 aromatic heterocycles. The second kappa shape index (κ2) is 9.06. The molecule has 0 saturated heterocycles. The highest BCUT2D eigenvalue weighted by molar-refractivity contribution is 7.18. The van der Waals surface area contributed by atoms with Crippen molar-refractivity contribution >= 4 is 34.2 Å². The summed E-state index contributed by atoms with van der Waals surface area (Å²) >= 11 is 1.27. The van der Waals surface area contributed by atoms with Crippen LogP contribution in [0.3, 0.4) is 0 Å². The van der Waals surface area contributed by atoms with Crippen LogP contribution in [-0.2, 0) is 23.8 Å². The van der Waals surface area contributed by atoms with Crippen molar-refractivity contribution in [3.8, 4) is 10.6 Å². The second-order valence-corrected chi connectivity index (χ2v) is 8.41. The van der Waals surface area contributed by atoms with Crippen LogP contribution in [0.25, 0.3) is 10.6 Å². The summed E-state index contributed by atoms with van der Waals surface area (Å²) in [5, 5.41) is 26.6. The van der Waals surface area contributed by atoms with Crippen molar-refractivity contribution in [2.24, 2.45) is 0 Å². The van der Waals surface area contributed by atoms with Gasteiger partial charge in [0, 0.05) is 17.8 Å². The van der Waals surface area contributed by atoms with E-state index in [1.807, 2.05) is 12.1 Å². The van der Waals surface area contributed by atoms with Gasteiger partial charge >= 0.3 is 12.3 Å². The number of fused-ring (bicyclic) bond motifs is 1. The van der Waals surface area contributed by atoms with E-state index < -0.39 is 23.9 Å². The quantitative estimate of drug-likeness (QED) is 0.409. The van der Waals surface area contributed by atoms with Gasteiger partial charge in [-0.2, -0.15) is 13.2 Å². The first-order valence-corrected chi connectivity index (χ1v) is 10.6. The van der Waals surface area contributed by atoms with Crippen LogP contribution in [0.15, 0.2) is 42.5 Å². The Morgan fingerprint density at radius 2 is 1.94 bits per heavy atom. The molecule has 0 radical (unpaired) electrons. The van der Waals surface area contributed by atoms with E-state index >= 15 is 0 Å². The zero-order chi connectivity index (χ0) is 23.6. The number of hydrogen-bond acceptors (Lipinski definition) is 6. The van der Waals surface area contributed by atoms with Gasteiger partial charge in [0.25, 0.3) is 0 Å². The fourth-order valence-electron chi connectivity index (χ4n) is 3.45. The van der Waals surface area contributed by atoms with Crippen LogP contribution in [0, 0.1) is 0 Å². The van der Waals surface area contributed by atoms with Crippen LogP contribution in [-0.4, -0.2) is 39.9 Å². The van der Waals surface area contributed by atoms with E-state index in [-0.39, 0.29) is 18.9 Å². The standard InChI is InChI=1S/C21H18F3N5O3S/c22-21(23,24)14-4-1-11(2-5-14)7-15(26-20(31)32)10-25-19-29-28-18(33-19)12-3-6-16-13(8-12)9-17(30)27-16/h1-6,8,15,26H,7,9-10H2,(H,25,29)(H,27,30)(H,31,32)/t15-/m0/s1. The highest BCUT2D eigenvalue weighted by Gasteiger charge is 2.30. The zero-order valence-corrected chi connectivity index (χ0v) is 17.8. The van der Waals surface area contributed by atoms with Crippen molar-refractivity contribution < 1.29 is 27.9 Å². The van der Waals surface area contributed by atoms with E-state index in [9.17, 15) is 22.8 Å². The second-order valence-electron chi connectivity index (χ2n) is 7.44. The molecule has 8 nitrogen and oxygen atoms in total. The summed E-state index contributed by atoms with van der Waals surface area (Å²) in [6, 6.07) is 9.50. The van der Waals surface area contributed by atoms with Crippen molar-refractivity contribution in [1.29, 1.82) is 0 Å². The molecule has 2 aromatic carbocycles. The average molecular weight is 477 g/mol. The Hall–Kier alpha value is -3.67. The molecule has 3 aromatic rings. The number of anilines is 2. The number of nitrogens with zero attached hydrogens (tertiary/aromatic N) is 2. The normalized spacial score (nSPS) is 13.8. The lowest BCUT2D eigenvalue weighted by atomic mass is 10.0. The van der Waals surface area contributed by atoms with E-state index in [0.717, 1.165) is 28.9 Å². The number of hydrogen-bond donors (Lipinski definition) is 4. The number of alkyl halides is 3. The number of rotatable bonds is 7. The zero-order valence-electron chi connectivity index (χ0n) is 16.9. The summed E-state index contributed by atoms with van der Waals surface area (Å²) in [5.74, 6) is -0.0632. The third-order valence-electron chi connectivity index (χ3n) is 4.99. The third kappa shape index (κ3) is 5.58. The molecule has 33 heavy (non-hydrogen) atoms. The Morgan fingerprint density at radius 3 is 2.64 bits per heavy atom. The molecule has 4 N–H and O–H groups in total. The van der Waals surface area contributed by atoms with E-state index in [0.29, 0.717) is 22.1 Å². The van der Waals surface area contributed by atoms with E-state index in [1.54, 1.807) is 6.07 Å². The Kier molecular flexibility index (Phi) is 6.18. The molecular formula is C21H18F3N5O3S. The molecule has 1 aliphatic rings. The van der Waals surface area contributed by atoms with Gasteiger partial charge < -0.3 is 21.1 Å². The molecule has 1 atom stereocenters. The minimum absolute atomic E-state index is 0.0632. The molecule has 0 saturated carbocycles. The monoisotopic (exact) mass is 477 g/mol. The number of benzene rings is 2. The minimum atomic E-state index is -4.43. The molecule has 0 aliphatic carbocycles. The van der Waals surface area contributed by atoms with Crippen molar-refractivity contribution in [2.45, 2.75) is 25.1 Å². The first-order chi connectivity index (χ1) is 15.7. The molecule has 172 valence electrons. The molecular weight excluding hydrogens is 459 g/mol. The Morgan fingerprint density at radius 1 is 1.18 bits per heavy atom. The number of halogens is 3. The molecule has 0 spiro atoms. The van der Waals surface area contributed by atoms with Gasteiger partial charge in [-0.1, -0.05) is 23.5 Å². The van der Waals surface area contributed by atoms with Crippen LogP contribution in [0.4, 0.5) is 28.8 Å². The maximum atomic E-state index is 12.7. The molecule has 4 rings (SSSR count). The van der Waals surface area contributed by atoms with Crippen LogP contribution in [0.1, 0.15) is 16.7 Å². The molecule has 1 aliphatic heterocycles. The Bertz CT molecular complexity index is 1180. The van der Waals surface area contributed by atoms with Gasteiger partial charge in [-0.05, 0) is 47.9 Å². The predicted molar refractivity (Wildman–Crippen MR) is 116 cm³/mol. The maximum Gasteiger partial charge on any atom is 0.416 e. The third-order valence-corrected chi connectivity index (χ3v) is 5.92. The molecule has 0 fully saturated rings. The average Bonchev–Trinajstić information content (AvgIpc) is 3.36. The minimum Gasteiger partial charge on any atom is -0.465 e. The predicted octanol–water partition coefficient (Wildman–Crippen LogP) is 4.01. The fraction of sp³-hybridized carbons (Fsp3) is 0.238. The lowest BCUT2D eigenvalue weighted by Crippen LogP contribution is -2.40. The van der Waals surface area contributed by atoms with Crippen molar-refractivity contribution in [1.82, 2.24) is 15.5 Å². The summed E-state index contributed by atoms with van der Waals surface area (Å²) in [4.78, 5) is 22.7. The number of carboxylic acid groups (broad SMARTS) is 1. The topological polar surface area (TPSA) is 116 Å². The van der Waals surface area contributed by atoms with E-state index in [2.05, 4.69) is 26.1 Å². The fourth-order valence-corrected chi connectivity index (χ4v) is 4.19. The van der Waals surface area contributed by atoms with E-state index in [1.165, 1.54) is 23.5 Å². The highest BCUT2D eigenvalue weighted by Crippen LogP contribution is 2.32. The van der Waals surface area contributed by atoms with Gasteiger partial charge in [0.05, 0.1) is 18.0 Å². The van der Waals surface area contributed by atoms with E-state index in [4.69, 9.17) is 5.11 Å². The number of nitrogens with one attached hydrogen (secondary N) is 3. The summed E-state index contributed by atoms with van der Waals surface area (Å²) in [5.41, 5.74) is 2.26. The first kappa shape index (κ1) is 22.5. The van der Waals surface area contributed by atoms with Gasteiger partial charge in [-0.15, -0.1) is 10.2 Å². The van der Waals surface area contributed by atoms with Crippen LogP contribution in [0.5, 0.6) is 0 Å². The molecule has 2 heterocycles. The van der Waals surface area contributed by atoms with Gasteiger partial charge in [0.2, 0.25) is 11.0 Å². The smallest absolute Gasteiger partial charge is 0.416 e. The SMILES string of the molecule is O=C(O)N[C@H](CNc1nnc(-c2ccc3c(c2)CC(=O)N3)s1)Cc1ccc(C(F)(F)F)cc1. The van der Waals surface area contributed by atoms with Crippen LogP contribution < -0.4 is 16.0 Å². The highest BCUT2D eigenvalue weighted by atomic mass is 32.1. The van der Waals surface area contributed by atoms with Gasteiger partial charge in [0.1, 0.15) is 5.01 Å². The number of carbonyl (C=O) groups excluding carboxylic acids is 1. The number of aromatic nitrogens is 2. The lowest BCUT2D eigenvalue weighted by Gasteiger charge is -2.17. The summed E-state index contributed by atoms with van der Waals surface area (Å²) in [6.45, 7) is 0.157. The molecule has 0 unspecified atom stereocenters. The van der Waals surface area contributed by atoms with Crippen molar-refractivity contribution in [2.75, 3.05) is 17.2 Å². The van der Waals surface area contributed by atoms with Crippen LogP contribution in [0.2, 0.25) is 0 Å². The number of carbonyl (C=O) groups is 2.